The number of carboxylic acid groups (broad SMARTS) is 1. The summed E-state index contributed by atoms with van der Waals surface area (Å²) in [7, 11) is 0. The summed E-state index contributed by atoms with van der Waals surface area (Å²) in [6.45, 7) is 10.7. The molecule has 2 aliphatic rings. The Morgan fingerprint density at radius 3 is 2.51 bits per heavy atom. The van der Waals surface area contributed by atoms with Gasteiger partial charge in [-0.15, -0.1) is 0 Å². The fourth-order valence-corrected chi connectivity index (χ4v) is 6.12. The molecule has 2 fully saturated rings. The lowest BCUT2D eigenvalue weighted by atomic mass is 9.92. The smallest absolute Gasteiger partial charge is 0.303 e. The van der Waals surface area contributed by atoms with Crippen molar-refractivity contribution in [1.82, 2.24) is 9.97 Å². The van der Waals surface area contributed by atoms with E-state index < -0.39 is 5.97 Å². The zero-order chi connectivity index (χ0) is 32.1. The van der Waals surface area contributed by atoms with Gasteiger partial charge in [-0.3, -0.25) is 14.5 Å². The summed E-state index contributed by atoms with van der Waals surface area (Å²) in [6.07, 6.45) is 5.69. The van der Waals surface area contributed by atoms with Crippen molar-refractivity contribution < 1.29 is 19.4 Å². The Hall–Kier alpha value is -4.45. The number of aliphatic carboxylic acids is 1. The third-order valence-electron chi connectivity index (χ3n) is 8.58. The molecule has 0 spiro atoms. The predicted octanol–water partition coefficient (Wildman–Crippen LogP) is 6.61. The Bertz CT molecular complexity index is 1560. The summed E-state index contributed by atoms with van der Waals surface area (Å²) in [6, 6.07) is 17.1. The molecule has 2 aromatic heterocycles. The van der Waals surface area contributed by atoms with Crippen molar-refractivity contribution in [1.29, 1.82) is 5.26 Å². The molecule has 45 heavy (non-hydrogen) atoms. The van der Waals surface area contributed by atoms with E-state index in [2.05, 4.69) is 41.7 Å². The summed E-state index contributed by atoms with van der Waals surface area (Å²) < 4.78 is 6.13. The maximum absolute atomic E-state index is 14.2. The van der Waals surface area contributed by atoms with E-state index >= 15 is 0 Å². The fourth-order valence-electron chi connectivity index (χ4n) is 6.12. The molecule has 0 bridgehead atoms. The molecule has 5 rings (SSSR count). The van der Waals surface area contributed by atoms with Crippen molar-refractivity contribution in [3.8, 4) is 11.9 Å². The van der Waals surface area contributed by atoms with E-state index in [0.717, 1.165) is 55.7 Å². The highest BCUT2D eigenvalue weighted by Crippen LogP contribution is 2.45. The number of piperidine rings is 1. The minimum absolute atomic E-state index is 0.00168. The molecule has 9 nitrogen and oxygen atoms in total. The highest BCUT2D eigenvalue weighted by Gasteiger charge is 2.34. The standard InChI is InChI=1S/C36H43N5O4/c1-24-6-5-7-32(39-24)41(23-36(2,3)4)35(44)29-11-8-26(21-37)18-31(29)40-16-13-25(14-17-40)22-45-33-19-28(12-15-38-33)30(20-34(42)43)27-9-10-27/h5-8,11-12,15,18-19,25,27,30H,9-10,13-14,16-17,20,22-23H2,1-4H3,(H,42,43). The molecule has 1 unspecified atom stereocenters. The molecule has 1 aromatic carbocycles. The topological polar surface area (TPSA) is 120 Å². The van der Waals surface area contributed by atoms with Crippen LogP contribution in [0.4, 0.5) is 11.5 Å². The van der Waals surface area contributed by atoms with Crippen molar-refractivity contribution >= 4 is 23.4 Å². The second-order valence-corrected chi connectivity index (χ2v) is 13.6. The van der Waals surface area contributed by atoms with Crippen LogP contribution in [0, 0.1) is 35.5 Å². The number of rotatable bonds is 11. The largest absolute Gasteiger partial charge is 0.481 e. The molecule has 3 aromatic rings. The van der Waals surface area contributed by atoms with Gasteiger partial charge in [-0.1, -0.05) is 26.8 Å². The van der Waals surface area contributed by atoms with Gasteiger partial charge in [0.25, 0.3) is 5.91 Å². The summed E-state index contributed by atoms with van der Waals surface area (Å²) in [5, 5.41) is 19.1. The Kier molecular flexibility index (Phi) is 9.71. The van der Waals surface area contributed by atoms with E-state index in [1.165, 1.54) is 0 Å². The minimum atomic E-state index is -0.781. The SMILES string of the molecule is Cc1cccc(N(CC(C)(C)C)C(=O)c2ccc(C#N)cc2N2CCC(COc3cc(C(CC(=O)O)C4CC4)ccn3)CC2)n1. The van der Waals surface area contributed by atoms with Gasteiger partial charge in [-0.25, -0.2) is 9.97 Å². The lowest BCUT2D eigenvalue weighted by molar-refractivity contribution is -0.137. The third-order valence-corrected chi connectivity index (χ3v) is 8.58. The molecule has 1 aliphatic heterocycles. The van der Waals surface area contributed by atoms with Crippen LogP contribution in [0.5, 0.6) is 5.88 Å². The Morgan fingerprint density at radius 1 is 1.11 bits per heavy atom. The zero-order valence-electron chi connectivity index (χ0n) is 26.7. The fraction of sp³-hybridized carbons (Fsp3) is 0.472. The maximum Gasteiger partial charge on any atom is 0.303 e. The molecule has 0 radical (unpaired) electrons. The molecular formula is C36H43N5O4. The number of carboxylic acids is 1. The first kappa shape index (κ1) is 32.0. The van der Waals surface area contributed by atoms with Gasteiger partial charge in [-0.2, -0.15) is 5.26 Å². The Balaban J connectivity index is 1.28. The summed E-state index contributed by atoms with van der Waals surface area (Å²) in [4.78, 5) is 38.7. The van der Waals surface area contributed by atoms with Crippen LogP contribution in [-0.2, 0) is 4.79 Å². The molecule has 3 heterocycles. The van der Waals surface area contributed by atoms with Gasteiger partial charge in [0.1, 0.15) is 5.82 Å². The lowest BCUT2D eigenvalue weighted by Gasteiger charge is -2.36. The number of aromatic nitrogens is 2. The second-order valence-electron chi connectivity index (χ2n) is 13.6. The quantitative estimate of drug-likeness (QED) is 0.258. The number of hydrogen-bond donors (Lipinski definition) is 1. The van der Waals surface area contributed by atoms with Crippen LogP contribution in [0.1, 0.15) is 86.0 Å². The van der Waals surface area contributed by atoms with Gasteiger partial charge < -0.3 is 14.7 Å². The number of hydrogen-bond acceptors (Lipinski definition) is 7. The second kappa shape index (κ2) is 13.7. The van der Waals surface area contributed by atoms with Crippen LogP contribution >= 0.6 is 0 Å². The third kappa shape index (κ3) is 8.39. The number of anilines is 2. The normalized spacial score (nSPS) is 16.1. The first-order valence-electron chi connectivity index (χ1n) is 15.9. The van der Waals surface area contributed by atoms with Crippen LogP contribution in [0.2, 0.25) is 0 Å². The first-order valence-corrected chi connectivity index (χ1v) is 15.9. The molecule has 1 aliphatic carbocycles. The minimum Gasteiger partial charge on any atom is -0.481 e. The molecule has 236 valence electrons. The maximum atomic E-state index is 14.2. The number of benzene rings is 1. The van der Waals surface area contributed by atoms with Crippen molar-refractivity contribution in [2.45, 2.75) is 65.7 Å². The average Bonchev–Trinajstić information content (AvgIpc) is 3.86. The number of carbonyl (C=O) groups excluding carboxylic acids is 1. The van der Waals surface area contributed by atoms with E-state index in [1.807, 2.05) is 43.3 Å². The van der Waals surface area contributed by atoms with Crippen molar-refractivity contribution in [3.63, 3.8) is 0 Å². The Labute approximate surface area is 265 Å². The van der Waals surface area contributed by atoms with Gasteiger partial charge in [0.15, 0.2) is 0 Å². The number of pyridine rings is 2. The monoisotopic (exact) mass is 609 g/mol. The predicted molar refractivity (Wildman–Crippen MR) is 174 cm³/mol. The molecular weight excluding hydrogens is 566 g/mol. The number of carbonyl (C=O) groups is 2. The number of ether oxygens (including phenoxy) is 1. The Morgan fingerprint density at radius 2 is 1.87 bits per heavy atom. The van der Waals surface area contributed by atoms with E-state index in [1.54, 1.807) is 23.2 Å². The van der Waals surface area contributed by atoms with Crippen LogP contribution in [0.25, 0.3) is 0 Å². The lowest BCUT2D eigenvalue weighted by Crippen LogP contribution is -2.41. The van der Waals surface area contributed by atoms with Crippen LogP contribution in [0.15, 0.2) is 54.7 Å². The van der Waals surface area contributed by atoms with Crippen LogP contribution < -0.4 is 14.5 Å². The first-order chi connectivity index (χ1) is 21.5. The van der Waals surface area contributed by atoms with Crippen molar-refractivity contribution in [3.05, 3.63) is 77.1 Å². The average molecular weight is 610 g/mol. The highest BCUT2D eigenvalue weighted by atomic mass is 16.5. The van der Waals surface area contributed by atoms with E-state index in [0.29, 0.717) is 47.8 Å². The van der Waals surface area contributed by atoms with E-state index in [4.69, 9.17) is 4.74 Å². The summed E-state index contributed by atoms with van der Waals surface area (Å²) >= 11 is 0. The molecule has 1 N–H and O–H groups in total. The van der Waals surface area contributed by atoms with Crippen molar-refractivity contribution in [2.75, 3.05) is 36.0 Å². The van der Waals surface area contributed by atoms with Gasteiger partial charge in [0, 0.05) is 37.6 Å². The summed E-state index contributed by atoms with van der Waals surface area (Å²) in [5.74, 6) is 0.957. The van der Waals surface area contributed by atoms with E-state index in [-0.39, 0.29) is 23.7 Å². The van der Waals surface area contributed by atoms with Gasteiger partial charge in [-0.05, 0) is 97.7 Å². The molecule has 1 saturated carbocycles. The molecule has 1 saturated heterocycles. The van der Waals surface area contributed by atoms with Gasteiger partial charge in [0.2, 0.25) is 5.88 Å². The highest BCUT2D eigenvalue weighted by molar-refractivity contribution is 6.09. The molecule has 9 heteroatoms. The van der Waals surface area contributed by atoms with Crippen LogP contribution in [-0.4, -0.2) is 53.2 Å². The van der Waals surface area contributed by atoms with E-state index in [9.17, 15) is 20.0 Å². The number of amides is 1. The number of nitrogens with zero attached hydrogens (tertiary/aromatic N) is 5. The molecule has 1 atom stereocenters. The summed E-state index contributed by atoms with van der Waals surface area (Å²) in [5.41, 5.74) is 3.51. The number of aryl methyl sites for hydroxylation is 1. The van der Waals surface area contributed by atoms with Crippen LogP contribution in [0.3, 0.4) is 0 Å². The zero-order valence-corrected chi connectivity index (χ0v) is 26.7. The van der Waals surface area contributed by atoms with Gasteiger partial charge >= 0.3 is 5.97 Å². The van der Waals surface area contributed by atoms with Crippen molar-refractivity contribution in [2.24, 2.45) is 17.3 Å². The molecule has 1 amide bonds. The van der Waals surface area contributed by atoms with Gasteiger partial charge in [0.05, 0.1) is 35.9 Å². The number of nitriles is 1.